The number of hydrogen-bond acceptors (Lipinski definition) is 10. The number of carbonyl (C=O) groups is 4. The molecule has 0 spiro atoms. The number of benzene rings is 3. The van der Waals surface area contributed by atoms with Gasteiger partial charge >= 0.3 is 18.0 Å². The van der Waals surface area contributed by atoms with Gasteiger partial charge < -0.3 is 19.1 Å². The zero-order valence-electron chi connectivity index (χ0n) is 26.1. The van der Waals surface area contributed by atoms with Crippen LogP contribution >= 0.6 is 0 Å². The van der Waals surface area contributed by atoms with Crippen LogP contribution in [0.4, 0.5) is 4.79 Å². The number of sulfone groups is 1. The third kappa shape index (κ3) is 9.72. The van der Waals surface area contributed by atoms with Gasteiger partial charge in [0.25, 0.3) is 0 Å². The Hall–Kier alpha value is -5.04. The number of alkyl carbamates (subject to hydrolysis) is 1. The highest BCUT2D eigenvalue weighted by atomic mass is 32.2. The van der Waals surface area contributed by atoms with E-state index in [4.69, 9.17) is 10.1 Å². The Morgan fingerprint density at radius 1 is 0.936 bits per heavy atom. The standard InChI is InChI=1S/C34H37N3O9S/c1-23(38)45-22-46-34(41)36-32(35)27-12-10-25(11-13-27)26-14-16-30(17-15-26)47(42,43)21-29-19-28(20-31(39)44-2)33(40)37(29)18-6-9-24-7-4-3-5-8-24/h3-5,7-8,10-17,28-29H,6,9,18-22H2,1-2H3,(H2,35,36,41)/t28-,29-/m0/s1. The van der Waals surface area contributed by atoms with Gasteiger partial charge in [-0.15, -0.1) is 0 Å². The lowest BCUT2D eigenvalue weighted by Gasteiger charge is -2.25. The highest BCUT2D eigenvalue weighted by molar-refractivity contribution is 7.91. The minimum absolute atomic E-state index is 0.0930. The van der Waals surface area contributed by atoms with Gasteiger partial charge in [0.2, 0.25) is 12.7 Å². The number of esters is 2. The van der Waals surface area contributed by atoms with E-state index in [1.807, 2.05) is 30.3 Å². The molecule has 1 aliphatic heterocycles. The number of methoxy groups -OCH3 is 1. The third-order valence-electron chi connectivity index (χ3n) is 7.79. The first-order valence-electron chi connectivity index (χ1n) is 15.0. The molecule has 0 bridgehead atoms. The molecule has 12 nitrogen and oxygen atoms in total. The number of ether oxygens (including phenoxy) is 3. The average molecular weight is 664 g/mol. The van der Waals surface area contributed by atoms with Crippen LogP contribution in [0.2, 0.25) is 0 Å². The molecular weight excluding hydrogens is 626 g/mol. The maximum absolute atomic E-state index is 13.6. The number of likely N-dealkylation sites (tertiary alicyclic amines) is 1. The van der Waals surface area contributed by atoms with E-state index in [0.717, 1.165) is 23.1 Å². The molecule has 1 heterocycles. The molecule has 0 radical (unpaired) electrons. The normalized spacial score (nSPS) is 16.0. The number of amidine groups is 1. The van der Waals surface area contributed by atoms with Gasteiger partial charge in [-0.1, -0.05) is 66.7 Å². The Labute approximate surface area is 273 Å². The van der Waals surface area contributed by atoms with Crippen LogP contribution in [0.5, 0.6) is 0 Å². The Bertz CT molecular complexity index is 1690. The second-order valence-electron chi connectivity index (χ2n) is 11.1. The highest BCUT2D eigenvalue weighted by Crippen LogP contribution is 2.31. The summed E-state index contributed by atoms with van der Waals surface area (Å²) in [7, 11) is -2.53. The SMILES string of the molecule is COC(=O)C[C@@H]1C[C@@H](CS(=O)(=O)c2ccc(-c3ccc(C(=N)NC(=O)OCOC(C)=O)cc3)cc2)N(CCCc2ccccc2)C1=O. The molecule has 2 atom stereocenters. The summed E-state index contributed by atoms with van der Waals surface area (Å²) in [5.74, 6) is -2.47. The minimum atomic E-state index is -3.79. The maximum Gasteiger partial charge on any atom is 0.415 e. The van der Waals surface area contributed by atoms with Crippen molar-refractivity contribution in [1.29, 1.82) is 5.41 Å². The van der Waals surface area contributed by atoms with Gasteiger partial charge in [0.15, 0.2) is 9.84 Å². The quantitative estimate of drug-likeness (QED) is 0.118. The van der Waals surface area contributed by atoms with Gasteiger partial charge in [-0.2, -0.15) is 0 Å². The Kier molecular flexibility index (Phi) is 11.8. The fourth-order valence-electron chi connectivity index (χ4n) is 5.38. The third-order valence-corrected chi connectivity index (χ3v) is 9.60. The molecule has 13 heteroatoms. The first-order chi connectivity index (χ1) is 22.5. The predicted octanol–water partition coefficient (Wildman–Crippen LogP) is 4.11. The lowest BCUT2D eigenvalue weighted by molar-refractivity contribution is -0.149. The van der Waals surface area contributed by atoms with Crippen LogP contribution in [0.3, 0.4) is 0 Å². The van der Waals surface area contributed by atoms with Gasteiger partial charge in [0, 0.05) is 25.1 Å². The van der Waals surface area contributed by atoms with Gasteiger partial charge in [-0.25, -0.2) is 13.2 Å². The first kappa shape index (κ1) is 34.8. The van der Waals surface area contributed by atoms with Crippen LogP contribution < -0.4 is 5.32 Å². The first-order valence-corrected chi connectivity index (χ1v) is 16.6. The number of amides is 2. The molecule has 0 unspecified atom stereocenters. The second-order valence-corrected chi connectivity index (χ2v) is 13.1. The molecular formula is C34H37N3O9S. The lowest BCUT2D eigenvalue weighted by Crippen LogP contribution is -2.39. The number of aryl methyl sites for hydroxylation is 1. The summed E-state index contributed by atoms with van der Waals surface area (Å²) in [6.45, 7) is 0.980. The van der Waals surface area contributed by atoms with Crippen LogP contribution in [0.25, 0.3) is 11.1 Å². The minimum Gasteiger partial charge on any atom is -0.469 e. The molecule has 4 rings (SSSR count). The molecule has 0 aliphatic carbocycles. The molecule has 2 amide bonds. The van der Waals surface area contributed by atoms with Gasteiger partial charge in [0.1, 0.15) is 5.84 Å². The zero-order chi connectivity index (χ0) is 34.0. The summed E-state index contributed by atoms with van der Waals surface area (Å²) in [4.78, 5) is 49.5. The number of hydrogen-bond donors (Lipinski definition) is 2. The van der Waals surface area contributed by atoms with E-state index in [0.29, 0.717) is 18.5 Å². The van der Waals surface area contributed by atoms with Gasteiger partial charge in [-0.3, -0.25) is 25.1 Å². The number of carbonyl (C=O) groups excluding carboxylic acids is 4. The molecule has 47 heavy (non-hydrogen) atoms. The highest BCUT2D eigenvalue weighted by Gasteiger charge is 2.42. The molecule has 3 aromatic rings. The average Bonchev–Trinajstić information content (AvgIpc) is 3.33. The van der Waals surface area contributed by atoms with E-state index < -0.39 is 46.6 Å². The second kappa shape index (κ2) is 16.0. The summed E-state index contributed by atoms with van der Waals surface area (Å²) in [6, 6.07) is 22.3. The van der Waals surface area contributed by atoms with Crippen molar-refractivity contribution >= 4 is 39.6 Å². The Morgan fingerprint density at radius 3 is 2.19 bits per heavy atom. The smallest absolute Gasteiger partial charge is 0.415 e. The van der Waals surface area contributed by atoms with E-state index in [2.05, 4.69) is 14.8 Å². The summed E-state index contributed by atoms with van der Waals surface area (Å²) in [5, 5.41) is 10.3. The van der Waals surface area contributed by atoms with Crippen molar-refractivity contribution in [3.63, 3.8) is 0 Å². The molecule has 1 saturated heterocycles. The van der Waals surface area contributed by atoms with Crippen LogP contribution in [-0.4, -0.2) is 75.3 Å². The molecule has 0 aromatic heterocycles. The van der Waals surface area contributed by atoms with Gasteiger partial charge in [0.05, 0.1) is 30.1 Å². The van der Waals surface area contributed by atoms with Crippen molar-refractivity contribution < 1.29 is 41.8 Å². The fourth-order valence-corrected chi connectivity index (χ4v) is 6.95. The fraction of sp³-hybridized carbons (Fsp3) is 0.324. The van der Waals surface area contributed by atoms with Crippen molar-refractivity contribution in [3.05, 3.63) is 90.0 Å². The predicted molar refractivity (Wildman–Crippen MR) is 172 cm³/mol. The van der Waals surface area contributed by atoms with Crippen molar-refractivity contribution in [2.24, 2.45) is 5.92 Å². The molecule has 1 aliphatic rings. The number of nitrogens with one attached hydrogen (secondary N) is 2. The maximum atomic E-state index is 13.6. The van der Waals surface area contributed by atoms with Crippen molar-refractivity contribution in [2.45, 2.75) is 43.5 Å². The largest absolute Gasteiger partial charge is 0.469 e. The van der Waals surface area contributed by atoms with E-state index >= 15 is 0 Å². The van der Waals surface area contributed by atoms with Crippen LogP contribution in [-0.2, 0) is 44.9 Å². The van der Waals surface area contributed by atoms with E-state index in [-0.39, 0.29) is 35.2 Å². The van der Waals surface area contributed by atoms with E-state index in [1.54, 1.807) is 41.3 Å². The number of nitrogens with zero attached hydrogens (tertiary/aromatic N) is 1. The van der Waals surface area contributed by atoms with Crippen molar-refractivity contribution in [1.82, 2.24) is 10.2 Å². The summed E-state index contributed by atoms with van der Waals surface area (Å²) >= 11 is 0. The van der Waals surface area contributed by atoms with Crippen LogP contribution in [0, 0.1) is 11.3 Å². The monoisotopic (exact) mass is 663 g/mol. The lowest BCUT2D eigenvalue weighted by atomic mass is 10.0. The summed E-state index contributed by atoms with van der Waals surface area (Å²) < 4.78 is 41.1. The van der Waals surface area contributed by atoms with Gasteiger partial charge in [-0.05, 0) is 48.1 Å². The van der Waals surface area contributed by atoms with E-state index in [1.165, 1.54) is 26.2 Å². The summed E-state index contributed by atoms with van der Waals surface area (Å²) in [6.07, 6.45) is 0.589. The molecule has 2 N–H and O–H groups in total. The Morgan fingerprint density at radius 2 is 1.57 bits per heavy atom. The van der Waals surface area contributed by atoms with Crippen LogP contribution in [0.1, 0.15) is 37.3 Å². The molecule has 3 aromatic carbocycles. The molecule has 1 fully saturated rings. The molecule has 248 valence electrons. The zero-order valence-corrected chi connectivity index (χ0v) is 27.0. The van der Waals surface area contributed by atoms with E-state index in [9.17, 15) is 27.6 Å². The van der Waals surface area contributed by atoms with Crippen molar-refractivity contribution in [2.75, 3.05) is 26.2 Å². The topological polar surface area (TPSA) is 169 Å². The Balaban J connectivity index is 1.40. The number of rotatable bonds is 13. The molecule has 0 saturated carbocycles. The summed E-state index contributed by atoms with van der Waals surface area (Å²) in [5.41, 5.74) is 2.99. The van der Waals surface area contributed by atoms with Crippen molar-refractivity contribution in [3.8, 4) is 11.1 Å². The van der Waals surface area contributed by atoms with Crippen LogP contribution in [0.15, 0.2) is 83.8 Å².